The average molecular weight is 383 g/mol. The first-order valence-electron chi connectivity index (χ1n) is 8.21. The first kappa shape index (κ1) is 18.3. The van der Waals surface area contributed by atoms with Gasteiger partial charge in [-0.05, 0) is 57.7 Å². The molecule has 0 bridgehead atoms. The van der Waals surface area contributed by atoms with Crippen LogP contribution in [0, 0.1) is 6.92 Å². The van der Waals surface area contributed by atoms with Gasteiger partial charge in [0.25, 0.3) is 0 Å². The number of carbonyl (C=O) groups is 1. The van der Waals surface area contributed by atoms with Crippen molar-refractivity contribution in [3.63, 3.8) is 0 Å². The maximum atomic E-state index is 12.0. The number of halogens is 1. The van der Waals surface area contributed by atoms with Gasteiger partial charge in [-0.3, -0.25) is 0 Å². The van der Waals surface area contributed by atoms with Crippen LogP contribution in [0.25, 0.3) is 0 Å². The third kappa shape index (κ3) is 5.81. The van der Waals surface area contributed by atoms with Gasteiger partial charge in [-0.1, -0.05) is 28.1 Å². The van der Waals surface area contributed by atoms with E-state index in [1.165, 1.54) is 11.1 Å². The summed E-state index contributed by atoms with van der Waals surface area (Å²) in [6, 6.07) is 6.90. The van der Waals surface area contributed by atoms with Gasteiger partial charge in [0.05, 0.1) is 0 Å². The highest BCUT2D eigenvalue weighted by molar-refractivity contribution is 9.10. The van der Waals surface area contributed by atoms with E-state index in [2.05, 4.69) is 46.4 Å². The number of likely N-dealkylation sites (tertiary alicyclic amines) is 1. The predicted octanol–water partition coefficient (Wildman–Crippen LogP) is 4.25. The number of ether oxygens (including phenoxy) is 1. The van der Waals surface area contributed by atoms with Crippen LogP contribution < -0.4 is 5.32 Å². The number of carbonyl (C=O) groups excluding carboxylic acids is 1. The molecule has 4 nitrogen and oxygen atoms in total. The fourth-order valence-corrected chi connectivity index (χ4v) is 3.03. The fourth-order valence-electron chi connectivity index (χ4n) is 2.60. The zero-order chi connectivity index (χ0) is 17.0. The van der Waals surface area contributed by atoms with Crippen molar-refractivity contribution >= 4 is 22.0 Å². The van der Waals surface area contributed by atoms with E-state index < -0.39 is 5.60 Å². The van der Waals surface area contributed by atoms with E-state index in [9.17, 15) is 4.79 Å². The Labute approximate surface area is 147 Å². The molecule has 1 saturated heterocycles. The Morgan fingerprint density at radius 3 is 2.57 bits per heavy atom. The molecule has 1 aliphatic rings. The third-order valence-corrected chi connectivity index (χ3v) is 4.83. The molecular formula is C18H27BrN2O2. The van der Waals surface area contributed by atoms with Crippen LogP contribution in [-0.4, -0.2) is 35.7 Å². The van der Waals surface area contributed by atoms with Crippen molar-refractivity contribution in [3.8, 4) is 0 Å². The molecule has 0 aromatic heterocycles. The van der Waals surface area contributed by atoms with Crippen molar-refractivity contribution in [3.05, 3.63) is 33.8 Å². The molecule has 0 saturated carbocycles. The second kappa shape index (κ2) is 7.67. The number of nitrogens with one attached hydrogen (secondary N) is 1. The molecule has 1 amide bonds. The van der Waals surface area contributed by atoms with Crippen LogP contribution >= 0.6 is 15.9 Å². The van der Waals surface area contributed by atoms with Gasteiger partial charge in [0.1, 0.15) is 5.60 Å². The number of nitrogens with zero attached hydrogens (tertiary/aromatic N) is 1. The summed E-state index contributed by atoms with van der Waals surface area (Å²) in [6.07, 6.45) is 1.73. The standard InChI is InChI=1S/C18H27BrN2O2/c1-13-5-6-14(11-16(13)19)12-20-15-7-9-21(10-8-15)17(22)23-18(2,3)4/h5-6,11,15,20H,7-10,12H2,1-4H3. The van der Waals surface area contributed by atoms with E-state index in [0.29, 0.717) is 6.04 Å². The number of hydrogen-bond donors (Lipinski definition) is 1. The second-order valence-corrected chi connectivity index (χ2v) is 8.06. The van der Waals surface area contributed by atoms with Crippen LogP contribution in [0.1, 0.15) is 44.7 Å². The van der Waals surface area contributed by atoms with Gasteiger partial charge in [0.15, 0.2) is 0 Å². The van der Waals surface area contributed by atoms with Gasteiger partial charge >= 0.3 is 6.09 Å². The van der Waals surface area contributed by atoms with Crippen molar-refractivity contribution in [1.29, 1.82) is 0 Å². The minimum atomic E-state index is -0.426. The first-order valence-corrected chi connectivity index (χ1v) is 9.00. The summed E-state index contributed by atoms with van der Waals surface area (Å²) < 4.78 is 6.58. The van der Waals surface area contributed by atoms with E-state index in [-0.39, 0.29) is 6.09 Å². The maximum absolute atomic E-state index is 12.0. The smallest absolute Gasteiger partial charge is 0.410 e. The van der Waals surface area contributed by atoms with Crippen LogP contribution in [0.5, 0.6) is 0 Å². The summed E-state index contributed by atoms with van der Waals surface area (Å²) in [5.41, 5.74) is 2.10. The Morgan fingerprint density at radius 1 is 1.35 bits per heavy atom. The first-order chi connectivity index (χ1) is 10.7. The molecule has 1 aromatic carbocycles. The highest BCUT2D eigenvalue weighted by Crippen LogP contribution is 2.19. The average Bonchev–Trinajstić information content (AvgIpc) is 2.47. The van der Waals surface area contributed by atoms with Crippen molar-refractivity contribution in [2.75, 3.05) is 13.1 Å². The number of aryl methyl sites for hydroxylation is 1. The predicted molar refractivity (Wildman–Crippen MR) is 96.5 cm³/mol. The minimum absolute atomic E-state index is 0.196. The summed E-state index contributed by atoms with van der Waals surface area (Å²) in [6.45, 7) is 10.2. The van der Waals surface area contributed by atoms with Crippen LogP contribution in [0.15, 0.2) is 22.7 Å². The number of piperidine rings is 1. The molecular weight excluding hydrogens is 356 g/mol. The van der Waals surface area contributed by atoms with Crippen molar-refractivity contribution < 1.29 is 9.53 Å². The highest BCUT2D eigenvalue weighted by Gasteiger charge is 2.26. The molecule has 0 aliphatic carbocycles. The molecule has 0 spiro atoms. The van der Waals surface area contributed by atoms with Crippen LogP contribution in [0.4, 0.5) is 4.79 Å². The van der Waals surface area contributed by atoms with Gasteiger partial charge in [-0.2, -0.15) is 0 Å². The van der Waals surface area contributed by atoms with Crippen molar-refractivity contribution in [2.24, 2.45) is 0 Å². The molecule has 1 aliphatic heterocycles. The van der Waals surface area contributed by atoms with Gasteiger partial charge in [0, 0.05) is 30.1 Å². The Morgan fingerprint density at radius 2 is 2.00 bits per heavy atom. The summed E-state index contributed by atoms with van der Waals surface area (Å²) in [7, 11) is 0. The number of rotatable bonds is 3. The number of hydrogen-bond acceptors (Lipinski definition) is 3. The van der Waals surface area contributed by atoms with Crippen molar-refractivity contribution in [1.82, 2.24) is 10.2 Å². The van der Waals surface area contributed by atoms with Gasteiger partial charge < -0.3 is 15.0 Å². The zero-order valence-corrected chi connectivity index (χ0v) is 16.1. The number of benzene rings is 1. The number of amides is 1. The summed E-state index contributed by atoms with van der Waals surface area (Å²) in [4.78, 5) is 13.9. The lowest BCUT2D eigenvalue weighted by atomic mass is 10.0. The summed E-state index contributed by atoms with van der Waals surface area (Å²) >= 11 is 3.57. The molecule has 1 N–H and O–H groups in total. The van der Waals surface area contributed by atoms with E-state index in [1.54, 1.807) is 0 Å². The molecule has 0 radical (unpaired) electrons. The van der Waals surface area contributed by atoms with Crippen LogP contribution in [0.2, 0.25) is 0 Å². The van der Waals surface area contributed by atoms with Gasteiger partial charge in [0.2, 0.25) is 0 Å². The second-order valence-electron chi connectivity index (χ2n) is 7.21. The molecule has 23 heavy (non-hydrogen) atoms. The normalized spacial score (nSPS) is 16.5. The lowest BCUT2D eigenvalue weighted by Gasteiger charge is -2.33. The van der Waals surface area contributed by atoms with Crippen molar-refractivity contribution in [2.45, 2.75) is 58.7 Å². The molecule has 0 unspecified atom stereocenters. The molecule has 128 valence electrons. The summed E-state index contributed by atoms with van der Waals surface area (Å²) in [5.74, 6) is 0. The topological polar surface area (TPSA) is 41.6 Å². The van der Waals surface area contributed by atoms with Crippen LogP contribution in [-0.2, 0) is 11.3 Å². The van der Waals surface area contributed by atoms with Crippen LogP contribution in [0.3, 0.4) is 0 Å². The Hall–Kier alpha value is -1.07. The minimum Gasteiger partial charge on any atom is -0.444 e. The van der Waals surface area contributed by atoms with Gasteiger partial charge in [-0.15, -0.1) is 0 Å². The third-order valence-electron chi connectivity index (χ3n) is 3.98. The zero-order valence-electron chi connectivity index (χ0n) is 14.5. The molecule has 0 atom stereocenters. The Balaban J connectivity index is 1.76. The lowest BCUT2D eigenvalue weighted by molar-refractivity contribution is 0.0198. The SMILES string of the molecule is Cc1ccc(CNC2CCN(C(=O)OC(C)(C)C)CC2)cc1Br. The lowest BCUT2D eigenvalue weighted by Crippen LogP contribution is -2.46. The largest absolute Gasteiger partial charge is 0.444 e. The Kier molecular flexibility index (Phi) is 6.09. The molecule has 1 aromatic rings. The molecule has 5 heteroatoms. The van der Waals surface area contributed by atoms with E-state index in [4.69, 9.17) is 4.74 Å². The van der Waals surface area contributed by atoms with Gasteiger partial charge in [-0.25, -0.2) is 4.79 Å². The molecule has 1 fully saturated rings. The maximum Gasteiger partial charge on any atom is 0.410 e. The monoisotopic (exact) mass is 382 g/mol. The quantitative estimate of drug-likeness (QED) is 0.849. The summed E-state index contributed by atoms with van der Waals surface area (Å²) in [5, 5.41) is 3.59. The highest BCUT2D eigenvalue weighted by atomic mass is 79.9. The van der Waals surface area contributed by atoms with E-state index in [0.717, 1.165) is 36.9 Å². The fraction of sp³-hybridized carbons (Fsp3) is 0.611. The van der Waals surface area contributed by atoms with E-state index >= 15 is 0 Å². The molecule has 2 rings (SSSR count). The Bertz CT molecular complexity index is 546. The van der Waals surface area contributed by atoms with E-state index in [1.807, 2.05) is 25.7 Å². The molecule has 1 heterocycles.